The molecule has 21 heavy (non-hydrogen) atoms. The van der Waals surface area contributed by atoms with E-state index in [-0.39, 0.29) is 19.4 Å². The molecule has 0 fully saturated rings. The number of aliphatic carboxylic acids is 2. The molecular formula is C11H17N5O5. The van der Waals surface area contributed by atoms with Gasteiger partial charge < -0.3 is 25.4 Å². The summed E-state index contributed by atoms with van der Waals surface area (Å²) in [5, 5.41) is 29.6. The third-order valence-electron chi connectivity index (χ3n) is 2.69. The molecule has 1 heterocycles. The first-order valence-electron chi connectivity index (χ1n) is 6.29. The number of amides is 2. The van der Waals surface area contributed by atoms with E-state index >= 15 is 0 Å². The number of carbonyl (C=O) groups excluding carboxylic acids is 1. The largest absolute Gasteiger partial charge is 0.481 e. The van der Waals surface area contributed by atoms with Crippen LogP contribution in [0.15, 0.2) is 6.33 Å². The lowest BCUT2D eigenvalue weighted by Gasteiger charge is -2.14. The van der Waals surface area contributed by atoms with Crippen molar-refractivity contribution in [3.63, 3.8) is 0 Å². The molecule has 0 saturated carbocycles. The average molecular weight is 299 g/mol. The molecule has 0 radical (unpaired) electrons. The normalized spacial score (nSPS) is 11.7. The van der Waals surface area contributed by atoms with Crippen molar-refractivity contribution in [2.45, 2.75) is 38.9 Å². The van der Waals surface area contributed by atoms with Crippen molar-refractivity contribution in [3.05, 3.63) is 12.2 Å². The zero-order valence-corrected chi connectivity index (χ0v) is 11.4. The van der Waals surface area contributed by atoms with Crippen LogP contribution >= 0.6 is 0 Å². The molecule has 0 aliphatic rings. The number of aryl methyl sites for hydroxylation is 1. The second-order valence-electron chi connectivity index (χ2n) is 4.18. The molecule has 1 aromatic heterocycles. The Labute approximate surface area is 120 Å². The smallest absolute Gasteiger partial charge is 0.326 e. The van der Waals surface area contributed by atoms with Gasteiger partial charge in [0.25, 0.3) is 0 Å². The first-order valence-corrected chi connectivity index (χ1v) is 6.29. The van der Waals surface area contributed by atoms with Crippen LogP contribution in [0.3, 0.4) is 0 Å². The predicted molar refractivity (Wildman–Crippen MR) is 69.4 cm³/mol. The number of urea groups is 1. The molecule has 10 heteroatoms. The highest BCUT2D eigenvalue weighted by atomic mass is 16.4. The van der Waals surface area contributed by atoms with Crippen molar-refractivity contribution < 1.29 is 24.6 Å². The maximum atomic E-state index is 11.6. The van der Waals surface area contributed by atoms with Gasteiger partial charge in [0.1, 0.15) is 12.4 Å². The molecule has 0 aliphatic carbocycles. The molecular weight excluding hydrogens is 282 g/mol. The molecule has 0 bridgehead atoms. The Morgan fingerprint density at radius 2 is 2.10 bits per heavy atom. The number of carboxylic acids is 2. The molecule has 0 aliphatic heterocycles. The van der Waals surface area contributed by atoms with Gasteiger partial charge in [-0.15, -0.1) is 10.2 Å². The van der Waals surface area contributed by atoms with Gasteiger partial charge in [0.05, 0.1) is 6.54 Å². The van der Waals surface area contributed by atoms with E-state index < -0.39 is 24.0 Å². The molecule has 0 aromatic carbocycles. The fourth-order valence-corrected chi connectivity index (χ4v) is 1.57. The zero-order chi connectivity index (χ0) is 15.8. The predicted octanol–water partition coefficient (Wildman–Crippen LogP) is -0.585. The molecule has 10 nitrogen and oxygen atoms in total. The van der Waals surface area contributed by atoms with Crippen LogP contribution in [0, 0.1) is 0 Å². The van der Waals surface area contributed by atoms with Gasteiger partial charge in [0.2, 0.25) is 0 Å². The van der Waals surface area contributed by atoms with E-state index in [0.29, 0.717) is 12.4 Å². The van der Waals surface area contributed by atoms with Crippen LogP contribution in [0.4, 0.5) is 4.79 Å². The summed E-state index contributed by atoms with van der Waals surface area (Å²) < 4.78 is 1.72. The van der Waals surface area contributed by atoms with E-state index in [2.05, 4.69) is 20.8 Å². The number of rotatable bonds is 8. The van der Waals surface area contributed by atoms with Crippen LogP contribution in [-0.4, -0.2) is 49.0 Å². The third-order valence-corrected chi connectivity index (χ3v) is 2.69. The van der Waals surface area contributed by atoms with Gasteiger partial charge in [0, 0.05) is 13.0 Å². The Bertz CT molecular complexity index is 515. The van der Waals surface area contributed by atoms with Crippen molar-refractivity contribution >= 4 is 18.0 Å². The minimum Gasteiger partial charge on any atom is -0.481 e. The number of hydrogen-bond donors (Lipinski definition) is 4. The lowest BCUT2D eigenvalue weighted by atomic mass is 10.1. The Morgan fingerprint density at radius 1 is 1.38 bits per heavy atom. The highest BCUT2D eigenvalue weighted by molar-refractivity contribution is 5.82. The number of nitrogens with zero attached hydrogens (tertiary/aromatic N) is 3. The minimum absolute atomic E-state index is 0.0882. The van der Waals surface area contributed by atoms with Crippen LogP contribution in [0.25, 0.3) is 0 Å². The summed E-state index contributed by atoms with van der Waals surface area (Å²) in [5.74, 6) is -1.88. The lowest BCUT2D eigenvalue weighted by molar-refractivity contribution is -0.140. The van der Waals surface area contributed by atoms with Gasteiger partial charge in [-0.05, 0) is 13.3 Å². The summed E-state index contributed by atoms with van der Waals surface area (Å²) in [5.41, 5.74) is 0. The molecule has 1 atom stereocenters. The highest BCUT2D eigenvalue weighted by Crippen LogP contribution is 1.99. The fourth-order valence-electron chi connectivity index (χ4n) is 1.57. The standard InChI is InChI=1S/C11H17N5O5/c1-2-16-6-13-15-8(16)5-12-11(21)14-7(10(19)20)3-4-9(17)18/h6-7H,2-5H2,1H3,(H,17,18)(H,19,20)(H2,12,14,21). The third kappa shape index (κ3) is 5.47. The first kappa shape index (κ1) is 16.4. The Hall–Kier alpha value is -2.65. The number of nitrogens with one attached hydrogen (secondary N) is 2. The Kier molecular flexibility index (Phi) is 6.11. The van der Waals surface area contributed by atoms with E-state index in [1.165, 1.54) is 6.33 Å². The van der Waals surface area contributed by atoms with Gasteiger partial charge in [-0.3, -0.25) is 4.79 Å². The van der Waals surface area contributed by atoms with Crippen molar-refractivity contribution in [3.8, 4) is 0 Å². The first-order chi connectivity index (χ1) is 9.93. The van der Waals surface area contributed by atoms with Crippen molar-refractivity contribution in [2.75, 3.05) is 0 Å². The van der Waals surface area contributed by atoms with Crippen LogP contribution in [0.2, 0.25) is 0 Å². The maximum absolute atomic E-state index is 11.6. The van der Waals surface area contributed by atoms with Crippen LogP contribution in [-0.2, 0) is 22.7 Å². The fraction of sp³-hybridized carbons (Fsp3) is 0.545. The summed E-state index contributed by atoms with van der Waals surface area (Å²) in [4.78, 5) is 33.0. The molecule has 4 N–H and O–H groups in total. The molecule has 0 spiro atoms. The summed E-state index contributed by atoms with van der Waals surface area (Å²) in [6.45, 7) is 2.62. The van der Waals surface area contributed by atoms with E-state index in [9.17, 15) is 14.4 Å². The molecule has 1 aromatic rings. The molecule has 116 valence electrons. The number of carbonyl (C=O) groups is 3. The van der Waals surface area contributed by atoms with Gasteiger partial charge >= 0.3 is 18.0 Å². The van der Waals surface area contributed by atoms with Crippen molar-refractivity contribution in [1.29, 1.82) is 0 Å². The van der Waals surface area contributed by atoms with Crippen LogP contribution < -0.4 is 10.6 Å². The van der Waals surface area contributed by atoms with Crippen LogP contribution in [0.5, 0.6) is 0 Å². The monoisotopic (exact) mass is 299 g/mol. The second-order valence-corrected chi connectivity index (χ2v) is 4.18. The summed E-state index contributed by atoms with van der Waals surface area (Å²) in [6.07, 6.45) is 0.979. The number of hydrogen-bond acceptors (Lipinski definition) is 5. The SMILES string of the molecule is CCn1cnnc1CNC(=O)NC(CCC(=O)O)C(=O)O. The van der Waals surface area contributed by atoms with E-state index in [1.807, 2.05) is 6.92 Å². The Balaban J connectivity index is 2.46. The molecule has 1 rings (SSSR count). The maximum Gasteiger partial charge on any atom is 0.326 e. The van der Waals surface area contributed by atoms with E-state index in [4.69, 9.17) is 10.2 Å². The minimum atomic E-state index is -1.29. The van der Waals surface area contributed by atoms with E-state index in [1.54, 1.807) is 4.57 Å². The zero-order valence-electron chi connectivity index (χ0n) is 11.4. The average Bonchev–Trinajstić information content (AvgIpc) is 2.88. The van der Waals surface area contributed by atoms with Crippen molar-refractivity contribution in [2.24, 2.45) is 0 Å². The topological polar surface area (TPSA) is 146 Å². The number of carboxylic acid groups (broad SMARTS) is 2. The van der Waals surface area contributed by atoms with Gasteiger partial charge in [-0.2, -0.15) is 0 Å². The summed E-state index contributed by atoms with van der Waals surface area (Å²) in [7, 11) is 0. The molecule has 1 unspecified atom stereocenters. The Morgan fingerprint density at radius 3 is 2.67 bits per heavy atom. The number of aromatic nitrogens is 3. The summed E-state index contributed by atoms with van der Waals surface area (Å²) >= 11 is 0. The lowest BCUT2D eigenvalue weighted by Crippen LogP contribution is -2.46. The molecule has 2 amide bonds. The van der Waals surface area contributed by atoms with Crippen molar-refractivity contribution in [1.82, 2.24) is 25.4 Å². The van der Waals surface area contributed by atoms with Gasteiger partial charge in [0.15, 0.2) is 5.82 Å². The van der Waals surface area contributed by atoms with Gasteiger partial charge in [-0.1, -0.05) is 0 Å². The second kappa shape index (κ2) is 7.82. The van der Waals surface area contributed by atoms with E-state index in [0.717, 1.165) is 0 Å². The quantitative estimate of drug-likeness (QED) is 0.502. The van der Waals surface area contributed by atoms with Crippen LogP contribution in [0.1, 0.15) is 25.6 Å². The van der Waals surface area contributed by atoms with Gasteiger partial charge in [-0.25, -0.2) is 9.59 Å². The highest BCUT2D eigenvalue weighted by Gasteiger charge is 2.20. The summed E-state index contributed by atoms with van der Waals surface area (Å²) in [6, 6.07) is -1.97. The molecule has 0 saturated heterocycles.